The molecular weight excluding hydrogens is 362 g/mol. The van der Waals surface area contributed by atoms with Gasteiger partial charge in [-0.3, -0.25) is 4.79 Å². The number of aromatic nitrogens is 2. The zero-order chi connectivity index (χ0) is 18.4. The van der Waals surface area contributed by atoms with Gasteiger partial charge < -0.3 is 9.88 Å². The molecule has 1 amide bonds. The first kappa shape index (κ1) is 18.7. The Labute approximate surface area is 162 Å². The summed E-state index contributed by atoms with van der Waals surface area (Å²) in [5, 5.41) is 6.16. The minimum Gasteiger partial charge on any atom is -0.350 e. The first-order chi connectivity index (χ1) is 12.7. The van der Waals surface area contributed by atoms with E-state index in [1.165, 1.54) is 0 Å². The fourth-order valence-electron chi connectivity index (χ4n) is 2.81. The summed E-state index contributed by atoms with van der Waals surface area (Å²) in [4.78, 5) is 17.3. The van der Waals surface area contributed by atoms with E-state index in [4.69, 9.17) is 0 Å². The monoisotopic (exact) mass is 385 g/mol. The summed E-state index contributed by atoms with van der Waals surface area (Å²) >= 11 is 3.41. The van der Waals surface area contributed by atoms with E-state index in [0.29, 0.717) is 6.54 Å². The molecular formula is C20H23N3OS2. The number of aryl methyl sites for hydroxylation is 1. The van der Waals surface area contributed by atoms with E-state index in [0.717, 1.165) is 34.0 Å². The van der Waals surface area contributed by atoms with Crippen molar-refractivity contribution in [3.05, 3.63) is 65.4 Å². The first-order valence-corrected chi connectivity index (χ1v) is 10.9. The topological polar surface area (TPSA) is 46.9 Å². The van der Waals surface area contributed by atoms with Gasteiger partial charge in [0, 0.05) is 35.6 Å². The summed E-state index contributed by atoms with van der Waals surface area (Å²) in [7, 11) is 0. The molecule has 1 N–H and O–H groups in total. The van der Waals surface area contributed by atoms with Gasteiger partial charge in [-0.2, -0.15) is 11.8 Å². The molecule has 1 aromatic carbocycles. The first-order valence-electron chi connectivity index (χ1n) is 8.58. The van der Waals surface area contributed by atoms with Crippen molar-refractivity contribution >= 4 is 29.0 Å². The molecule has 0 bridgehead atoms. The number of nitrogens with zero attached hydrogens (tertiary/aromatic N) is 2. The predicted molar refractivity (Wildman–Crippen MR) is 111 cm³/mol. The molecule has 26 heavy (non-hydrogen) atoms. The SMILES string of the molecule is CSCCC(C(=O)NCc1cccc(-c2nc(C)cs2)c1)n1cccc1. The zero-order valence-corrected chi connectivity index (χ0v) is 16.6. The number of carbonyl (C=O) groups excluding carboxylic acids is 1. The lowest BCUT2D eigenvalue weighted by Crippen LogP contribution is -2.32. The highest BCUT2D eigenvalue weighted by Gasteiger charge is 2.18. The molecule has 0 spiro atoms. The van der Waals surface area contributed by atoms with Crippen molar-refractivity contribution in [3.8, 4) is 10.6 Å². The maximum Gasteiger partial charge on any atom is 0.243 e. The number of thiazole rings is 1. The molecule has 2 heterocycles. The second-order valence-electron chi connectivity index (χ2n) is 6.14. The van der Waals surface area contributed by atoms with Crippen LogP contribution in [0, 0.1) is 6.92 Å². The Morgan fingerprint density at radius 2 is 2.12 bits per heavy atom. The van der Waals surface area contributed by atoms with E-state index < -0.39 is 0 Å². The van der Waals surface area contributed by atoms with E-state index in [2.05, 4.69) is 34.1 Å². The number of hydrogen-bond acceptors (Lipinski definition) is 4. The Balaban J connectivity index is 1.66. The molecule has 3 rings (SSSR count). The number of nitrogens with one attached hydrogen (secondary N) is 1. The van der Waals surface area contributed by atoms with Crippen LogP contribution in [0.3, 0.4) is 0 Å². The van der Waals surface area contributed by atoms with Crippen LogP contribution >= 0.6 is 23.1 Å². The smallest absolute Gasteiger partial charge is 0.243 e. The van der Waals surface area contributed by atoms with Gasteiger partial charge in [0.2, 0.25) is 5.91 Å². The van der Waals surface area contributed by atoms with Crippen LogP contribution in [0.15, 0.2) is 54.2 Å². The molecule has 136 valence electrons. The maximum atomic E-state index is 12.7. The van der Waals surface area contributed by atoms with Gasteiger partial charge in [0.25, 0.3) is 0 Å². The van der Waals surface area contributed by atoms with Gasteiger partial charge in [0.05, 0.1) is 0 Å². The van der Waals surface area contributed by atoms with Crippen LogP contribution in [0.4, 0.5) is 0 Å². The second kappa shape index (κ2) is 9.05. The number of carbonyl (C=O) groups is 1. The van der Waals surface area contributed by atoms with Gasteiger partial charge in [-0.1, -0.05) is 18.2 Å². The third-order valence-corrected chi connectivity index (χ3v) is 5.80. The fraction of sp³-hybridized carbons (Fsp3) is 0.300. The molecule has 1 unspecified atom stereocenters. The highest BCUT2D eigenvalue weighted by atomic mass is 32.2. The van der Waals surface area contributed by atoms with Crippen LogP contribution in [0.25, 0.3) is 10.6 Å². The highest BCUT2D eigenvalue weighted by molar-refractivity contribution is 7.98. The predicted octanol–water partition coefficient (Wildman–Crippen LogP) is 4.53. The van der Waals surface area contributed by atoms with Gasteiger partial charge in [0.1, 0.15) is 11.0 Å². The van der Waals surface area contributed by atoms with Crippen LogP contribution in [0.1, 0.15) is 23.7 Å². The standard InChI is InChI=1S/C20H23N3OS2/c1-15-14-26-20(22-15)17-7-5-6-16(12-17)13-21-19(24)18(8-11-25-2)23-9-3-4-10-23/h3-7,9-10,12,14,18H,8,11,13H2,1-2H3,(H,21,24). The Hall–Kier alpha value is -2.05. The van der Waals surface area contributed by atoms with Crippen LogP contribution in [-0.2, 0) is 11.3 Å². The molecule has 0 saturated heterocycles. The summed E-state index contributed by atoms with van der Waals surface area (Å²) in [5.74, 6) is 1.01. The largest absolute Gasteiger partial charge is 0.350 e. The number of rotatable bonds is 8. The lowest BCUT2D eigenvalue weighted by Gasteiger charge is -2.18. The van der Waals surface area contributed by atoms with Gasteiger partial charge in [-0.15, -0.1) is 11.3 Å². The normalized spacial score (nSPS) is 12.1. The number of amides is 1. The Kier molecular flexibility index (Phi) is 6.52. The van der Waals surface area contributed by atoms with E-state index in [1.54, 1.807) is 23.1 Å². The fourth-order valence-corrected chi connectivity index (χ4v) is 4.06. The van der Waals surface area contributed by atoms with E-state index in [-0.39, 0.29) is 11.9 Å². The van der Waals surface area contributed by atoms with Crippen molar-refractivity contribution in [1.29, 1.82) is 0 Å². The van der Waals surface area contributed by atoms with Crippen molar-refractivity contribution < 1.29 is 4.79 Å². The van der Waals surface area contributed by atoms with Gasteiger partial charge >= 0.3 is 0 Å². The quantitative estimate of drug-likeness (QED) is 0.620. The molecule has 0 fully saturated rings. The third-order valence-electron chi connectivity index (χ3n) is 4.15. The molecule has 2 aromatic heterocycles. The number of hydrogen-bond donors (Lipinski definition) is 1. The van der Waals surface area contributed by atoms with Gasteiger partial charge in [-0.25, -0.2) is 4.98 Å². The van der Waals surface area contributed by atoms with Crippen LogP contribution in [0.5, 0.6) is 0 Å². The molecule has 1 atom stereocenters. The minimum absolute atomic E-state index is 0.0609. The summed E-state index contributed by atoms with van der Waals surface area (Å²) in [6, 6.07) is 12.0. The molecule has 0 aliphatic rings. The lowest BCUT2D eigenvalue weighted by molar-refractivity contribution is -0.124. The van der Waals surface area contributed by atoms with Crippen molar-refractivity contribution in [2.45, 2.75) is 25.9 Å². The van der Waals surface area contributed by atoms with Crippen LogP contribution < -0.4 is 5.32 Å². The molecule has 3 aromatic rings. The molecule has 6 heteroatoms. The summed E-state index contributed by atoms with van der Waals surface area (Å²) < 4.78 is 1.99. The van der Waals surface area contributed by atoms with Crippen LogP contribution in [0.2, 0.25) is 0 Å². The number of benzene rings is 1. The maximum absolute atomic E-state index is 12.7. The Morgan fingerprint density at radius 3 is 2.81 bits per heavy atom. The Morgan fingerprint density at radius 1 is 1.31 bits per heavy atom. The van der Waals surface area contributed by atoms with E-state index in [1.807, 2.05) is 48.1 Å². The van der Waals surface area contributed by atoms with Crippen molar-refractivity contribution in [1.82, 2.24) is 14.9 Å². The summed E-state index contributed by atoms with van der Waals surface area (Å²) in [5.41, 5.74) is 3.21. The van der Waals surface area contributed by atoms with Crippen molar-refractivity contribution in [3.63, 3.8) is 0 Å². The van der Waals surface area contributed by atoms with Crippen molar-refractivity contribution in [2.24, 2.45) is 0 Å². The molecule has 4 nitrogen and oxygen atoms in total. The third kappa shape index (κ3) is 4.77. The van der Waals surface area contributed by atoms with Crippen molar-refractivity contribution in [2.75, 3.05) is 12.0 Å². The summed E-state index contributed by atoms with van der Waals surface area (Å²) in [6.07, 6.45) is 6.79. The molecule has 0 saturated carbocycles. The lowest BCUT2D eigenvalue weighted by atomic mass is 10.1. The molecule has 0 aliphatic heterocycles. The zero-order valence-electron chi connectivity index (χ0n) is 15.0. The average Bonchev–Trinajstić information content (AvgIpc) is 3.32. The average molecular weight is 386 g/mol. The van der Waals surface area contributed by atoms with E-state index in [9.17, 15) is 4.79 Å². The molecule has 0 radical (unpaired) electrons. The second-order valence-corrected chi connectivity index (χ2v) is 7.98. The molecule has 0 aliphatic carbocycles. The van der Waals surface area contributed by atoms with Crippen LogP contribution in [-0.4, -0.2) is 27.5 Å². The van der Waals surface area contributed by atoms with Gasteiger partial charge in [-0.05, 0) is 49.1 Å². The van der Waals surface area contributed by atoms with Gasteiger partial charge in [0.15, 0.2) is 0 Å². The summed E-state index contributed by atoms with van der Waals surface area (Å²) in [6.45, 7) is 2.52. The Bertz CT molecular complexity index is 842. The minimum atomic E-state index is -0.165. The highest BCUT2D eigenvalue weighted by Crippen LogP contribution is 2.24. The van der Waals surface area contributed by atoms with E-state index >= 15 is 0 Å². The number of thioether (sulfide) groups is 1.